The summed E-state index contributed by atoms with van der Waals surface area (Å²) in [5.41, 5.74) is 5.73. The van der Waals surface area contributed by atoms with Crippen LogP contribution in [-0.2, 0) is 4.79 Å². The zero-order valence-electron chi connectivity index (χ0n) is 10.0. The zero-order valence-corrected chi connectivity index (χ0v) is 10.9. The first kappa shape index (κ1) is 13.0. The number of hydrogen-bond acceptors (Lipinski definition) is 6. The number of anilines is 2. The quantitative estimate of drug-likeness (QED) is 0.660. The number of aromatic nitrogens is 1. The second kappa shape index (κ2) is 5.49. The van der Waals surface area contributed by atoms with Crippen LogP contribution in [0.15, 0.2) is 29.6 Å². The summed E-state index contributed by atoms with van der Waals surface area (Å²) in [7, 11) is 0. The highest BCUT2D eigenvalue weighted by Crippen LogP contribution is 2.21. The molecule has 19 heavy (non-hydrogen) atoms. The normalized spacial score (nSPS) is 9.95. The number of carbonyl (C=O) groups excluding carboxylic acids is 2. The first-order chi connectivity index (χ1) is 9.06. The van der Waals surface area contributed by atoms with Gasteiger partial charge < -0.3 is 15.8 Å². The minimum atomic E-state index is -0.488. The van der Waals surface area contributed by atoms with Gasteiger partial charge in [0.15, 0.2) is 5.13 Å². The molecule has 1 aromatic carbocycles. The van der Waals surface area contributed by atoms with Gasteiger partial charge in [-0.25, -0.2) is 4.98 Å². The van der Waals surface area contributed by atoms with Gasteiger partial charge in [-0.1, -0.05) is 12.1 Å². The van der Waals surface area contributed by atoms with E-state index in [9.17, 15) is 9.59 Å². The van der Waals surface area contributed by atoms with E-state index < -0.39 is 11.9 Å². The molecule has 6 nitrogen and oxygen atoms in total. The minimum absolute atomic E-state index is 0.204. The van der Waals surface area contributed by atoms with Crippen LogP contribution >= 0.6 is 11.3 Å². The molecule has 1 heterocycles. The third-order valence-electron chi connectivity index (χ3n) is 2.15. The molecule has 0 fully saturated rings. The largest absolute Gasteiger partial charge is 0.426 e. The van der Waals surface area contributed by atoms with Crippen LogP contribution in [0.2, 0.25) is 0 Å². The molecule has 0 saturated heterocycles. The van der Waals surface area contributed by atoms with Gasteiger partial charge in [-0.2, -0.15) is 0 Å². The van der Waals surface area contributed by atoms with Gasteiger partial charge in [0.2, 0.25) is 0 Å². The molecule has 0 saturated carbocycles. The minimum Gasteiger partial charge on any atom is -0.426 e. The van der Waals surface area contributed by atoms with Crippen LogP contribution in [-0.4, -0.2) is 16.9 Å². The molecule has 1 amide bonds. The molecule has 0 aliphatic rings. The van der Waals surface area contributed by atoms with E-state index in [-0.39, 0.29) is 11.3 Å². The van der Waals surface area contributed by atoms with Crippen molar-refractivity contribution in [3.63, 3.8) is 0 Å². The smallest absolute Gasteiger partial charge is 0.308 e. The Morgan fingerprint density at radius 3 is 2.74 bits per heavy atom. The fraction of sp³-hybridized carbons (Fsp3) is 0.0833. The van der Waals surface area contributed by atoms with E-state index in [1.807, 2.05) is 0 Å². The third kappa shape index (κ3) is 3.29. The number of ether oxygens (including phenoxy) is 1. The number of nitrogens with two attached hydrogens (primary N) is 1. The van der Waals surface area contributed by atoms with E-state index in [2.05, 4.69) is 10.3 Å². The number of amides is 1. The number of rotatable bonds is 3. The van der Waals surface area contributed by atoms with Crippen molar-refractivity contribution in [2.75, 3.05) is 11.1 Å². The van der Waals surface area contributed by atoms with Crippen molar-refractivity contribution < 1.29 is 14.3 Å². The molecule has 98 valence electrons. The number of carbonyl (C=O) groups is 2. The molecule has 0 aliphatic carbocycles. The highest BCUT2D eigenvalue weighted by Gasteiger charge is 2.14. The molecular weight excluding hydrogens is 266 g/mol. The molecule has 0 bridgehead atoms. The van der Waals surface area contributed by atoms with Crippen molar-refractivity contribution >= 4 is 34.2 Å². The first-order valence-corrected chi connectivity index (χ1v) is 6.24. The summed E-state index contributed by atoms with van der Waals surface area (Å²) < 4.78 is 4.97. The van der Waals surface area contributed by atoms with E-state index in [1.165, 1.54) is 18.3 Å². The second-order valence-electron chi connectivity index (χ2n) is 3.61. The van der Waals surface area contributed by atoms with Crippen molar-refractivity contribution in [1.29, 1.82) is 0 Å². The van der Waals surface area contributed by atoms with E-state index in [0.717, 1.165) is 0 Å². The van der Waals surface area contributed by atoms with Crippen LogP contribution in [0.4, 0.5) is 10.9 Å². The van der Waals surface area contributed by atoms with Crippen molar-refractivity contribution in [3.8, 4) is 5.75 Å². The number of nitrogen functional groups attached to an aromatic ring is 1. The highest BCUT2D eigenvalue weighted by molar-refractivity contribution is 7.13. The van der Waals surface area contributed by atoms with Gasteiger partial charge in [0, 0.05) is 12.3 Å². The maximum atomic E-state index is 12.0. The lowest BCUT2D eigenvalue weighted by Crippen LogP contribution is -2.15. The molecule has 0 aliphatic heterocycles. The Kier molecular flexibility index (Phi) is 3.76. The summed E-state index contributed by atoms with van der Waals surface area (Å²) in [4.78, 5) is 26.9. The molecule has 2 aromatic rings. The molecule has 1 aromatic heterocycles. The van der Waals surface area contributed by atoms with Gasteiger partial charge in [0.25, 0.3) is 5.91 Å². The van der Waals surface area contributed by atoms with Crippen LogP contribution in [0, 0.1) is 0 Å². The van der Waals surface area contributed by atoms with Gasteiger partial charge in [0.05, 0.1) is 5.56 Å². The SMILES string of the molecule is CC(=O)Oc1ccccc1C(=O)Nc1csc(N)n1. The fourth-order valence-electron chi connectivity index (χ4n) is 1.43. The number of para-hydroxylation sites is 1. The zero-order chi connectivity index (χ0) is 13.8. The number of esters is 1. The van der Waals surface area contributed by atoms with Crippen molar-refractivity contribution in [1.82, 2.24) is 4.98 Å². The summed E-state index contributed by atoms with van der Waals surface area (Å²) in [6, 6.07) is 6.46. The molecule has 0 atom stereocenters. The summed E-state index contributed by atoms with van der Waals surface area (Å²) in [5.74, 6) is -0.332. The van der Waals surface area contributed by atoms with Gasteiger partial charge >= 0.3 is 5.97 Å². The number of benzene rings is 1. The van der Waals surface area contributed by atoms with Crippen molar-refractivity contribution in [2.45, 2.75) is 6.92 Å². The lowest BCUT2D eigenvalue weighted by molar-refractivity contribution is -0.131. The fourth-order valence-corrected chi connectivity index (χ4v) is 1.92. The molecule has 7 heteroatoms. The standard InChI is InChI=1S/C12H11N3O3S/c1-7(16)18-9-5-3-2-4-8(9)11(17)14-10-6-19-12(13)15-10/h2-6H,1H3,(H2,13,15)(H,14,17). The van der Waals surface area contributed by atoms with Crippen LogP contribution < -0.4 is 15.8 Å². The number of nitrogens with zero attached hydrogens (tertiary/aromatic N) is 1. The Bertz CT molecular complexity index is 624. The van der Waals surface area contributed by atoms with Gasteiger partial charge in [-0.15, -0.1) is 11.3 Å². The third-order valence-corrected chi connectivity index (χ3v) is 2.82. The Morgan fingerprint density at radius 1 is 1.37 bits per heavy atom. The Hall–Kier alpha value is -2.41. The maximum absolute atomic E-state index is 12.0. The highest BCUT2D eigenvalue weighted by atomic mass is 32.1. The lowest BCUT2D eigenvalue weighted by Gasteiger charge is -2.07. The Morgan fingerprint density at radius 2 is 2.11 bits per heavy atom. The average molecular weight is 277 g/mol. The summed E-state index contributed by atoms with van der Waals surface area (Å²) in [6.45, 7) is 1.27. The Balaban J connectivity index is 2.21. The number of hydrogen-bond donors (Lipinski definition) is 2. The lowest BCUT2D eigenvalue weighted by atomic mass is 10.2. The van der Waals surface area contributed by atoms with E-state index in [1.54, 1.807) is 29.6 Å². The van der Waals surface area contributed by atoms with Crippen LogP contribution in [0.3, 0.4) is 0 Å². The molecule has 0 spiro atoms. The van der Waals surface area contributed by atoms with E-state index in [0.29, 0.717) is 10.9 Å². The maximum Gasteiger partial charge on any atom is 0.308 e. The van der Waals surface area contributed by atoms with Crippen LogP contribution in [0.5, 0.6) is 5.75 Å². The first-order valence-electron chi connectivity index (χ1n) is 5.36. The molecule has 0 radical (unpaired) electrons. The Labute approximate surface area is 113 Å². The van der Waals surface area contributed by atoms with Gasteiger partial charge in [-0.3, -0.25) is 9.59 Å². The predicted octanol–water partition coefficient (Wildman–Crippen LogP) is 1.90. The van der Waals surface area contributed by atoms with Crippen molar-refractivity contribution in [3.05, 3.63) is 35.2 Å². The number of thiazole rings is 1. The van der Waals surface area contributed by atoms with Gasteiger partial charge in [0.1, 0.15) is 11.6 Å². The molecule has 2 rings (SSSR count). The monoisotopic (exact) mass is 277 g/mol. The molecular formula is C12H11N3O3S. The topological polar surface area (TPSA) is 94.3 Å². The average Bonchev–Trinajstić information content (AvgIpc) is 2.74. The second-order valence-corrected chi connectivity index (χ2v) is 4.50. The van der Waals surface area contributed by atoms with Crippen LogP contribution in [0.25, 0.3) is 0 Å². The summed E-state index contributed by atoms with van der Waals surface area (Å²) in [5, 5.41) is 4.57. The molecule has 3 N–H and O–H groups in total. The van der Waals surface area contributed by atoms with E-state index >= 15 is 0 Å². The predicted molar refractivity (Wildman–Crippen MR) is 72.2 cm³/mol. The number of nitrogens with one attached hydrogen (secondary N) is 1. The van der Waals surface area contributed by atoms with Crippen LogP contribution in [0.1, 0.15) is 17.3 Å². The van der Waals surface area contributed by atoms with E-state index in [4.69, 9.17) is 10.5 Å². The summed E-state index contributed by atoms with van der Waals surface area (Å²) >= 11 is 1.22. The summed E-state index contributed by atoms with van der Waals surface area (Å²) in [6.07, 6.45) is 0. The van der Waals surface area contributed by atoms with Crippen molar-refractivity contribution in [2.24, 2.45) is 0 Å². The molecule has 0 unspecified atom stereocenters. The van der Waals surface area contributed by atoms with Gasteiger partial charge in [-0.05, 0) is 12.1 Å².